The summed E-state index contributed by atoms with van der Waals surface area (Å²) in [5, 5.41) is 4.76. The summed E-state index contributed by atoms with van der Waals surface area (Å²) < 4.78 is 11.5. The molecule has 7 nitrogen and oxygen atoms in total. The normalized spacial score (nSPS) is 17.6. The highest BCUT2D eigenvalue weighted by Gasteiger charge is 2.20. The van der Waals surface area contributed by atoms with Crippen LogP contribution in [0, 0.1) is 0 Å². The minimum Gasteiger partial charge on any atom is -0.497 e. The first-order valence-corrected chi connectivity index (χ1v) is 14.6. The van der Waals surface area contributed by atoms with Gasteiger partial charge in [-0.2, -0.15) is 0 Å². The Hall–Kier alpha value is -3.29. The van der Waals surface area contributed by atoms with Gasteiger partial charge in [-0.3, -0.25) is 9.88 Å². The molecule has 206 valence electrons. The minimum atomic E-state index is 0.622. The Morgan fingerprint density at radius 2 is 1.74 bits per heavy atom. The summed E-state index contributed by atoms with van der Waals surface area (Å²) in [7, 11) is 1.71. The number of nitrogen functional groups attached to an aromatic ring is 1. The number of nitrogens with zero attached hydrogens (tertiary/aromatic N) is 3. The van der Waals surface area contributed by atoms with Crippen LogP contribution in [0.4, 0.5) is 17.1 Å². The molecule has 0 unspecified atom stereocenters. The van der Waals surface area contributed by atoms with E-state index in [1.54, 1.807) is 7.11 Å². The van der Waals surface area contributed by atoms with Gasteiger partial charge in [-0.25, -0.2) is 0 Å². The van der Waals surface area contributed by atoms with Crippen LogP contribution in [-0.4, -0.2) is 62.9 Å². The van der Waals surface area contributed by atoms with E-state index >= 15 is 0 Å². The molecule has 1 aromatic heterocycles. The second kappa shape index (κ2) is 11.8. The topological polar surface area (TPSA) is 75.9 Å². The van der Waals surface area contributed by atoms with Gasteiger partial charge in [0.15, 0.2) is 0 Å². The van der Waals surface area contributed by atoms with E-state index in [0.717, 1.165) is 93.0 Å². The molecule has 1 saturated heterocycles. The number of ether oxygens (including phenoxy) is 2. The molecule has 2 aromatic carbocycles. The third-order valence-corrected chi connectivity index (χ3v) is 8.59. The van der Waals surface area contributed by atoms with Gasteiger partial charge in [-0.05, 0) is 98.5 Å². The number of anilines is 3. The Morgan fingerprint density at radius 1 is 0.949 bits per heavy atom. The monoisotopic (exact) mass is 527 g/mol. The van der Waals surface area contributed by atoms with Crippen molar-refractivity contribution in [2.75, 3.05) is 69.0 Å². The van der Waals surface area contributed by atoms with Crippen LogP contribution in [0.1, 0.15) is 43.4 Å². The number of piperazine rings is 1. The molecule has 3 aromatic rings. The molecule has 3 aliphatic rings. The number of allylic oxidation sites excluding steroid dienone is 1. The zero-order chi connectivity index (χ0) is 26.6. The van der Waals surface area contributed by atoms with E-state index in [-0.39, 0.29) is 0 Å². The van der Waals surface area contributed by atoms with Gasteiger partial charge in [0, 0.05) is 66.6 Å². The first-order valence-electron chi connectivity index (χ1n) is 14.6. The number of hydrogen-bond donors (Lipinski definition) is 2. The fraction of sp³-hybridized carbons (Fsp3) is 0.469. The molecule has 1 aliphatic heterocycles. The van der Waals surface area contributed by atoms with E-state index in [9.17, 15) is 0 Å². The molecule has 0 atom stereocenters. The predicted molar refractivity (Wildman–Crippen MR) is 160 cm³/mol. The third-order valence-electron chi connectivity index (χ3n) is 8.59. The average Bonchev–Trinajstić information content (AvgIpc) is 2.95. The summed E-state index contributed by atoms with van der Waals surface area (Å²) in [6, 6.07) is 14.8. The maximum atomic E-state index is 6.64. The van der Waals surface area contributed by atoms with Crippen LogP contribution < -0.4 is 20.7 Å². The van der Waals surface area contributed by atoms with Gasteiger partial charge in [0.05, 0.1) is 25.8 Å². The standard InChI is InChI=1S/C32H41N5O2/c1-38-26-12-10-25(11-13-26)37-17-15-36(16-18-37)19-20-39-22-31(23-5-4-6-23)34-24-9-14-30-28(21-24)32(33)27-7-2-3-8-29(27)35-30/h9-14,21,34H,2-8,15-20,22H2,1H3,(H2,33,35). The molecule has 2 fully saturated rings. The average molecular weight is 528 g/mol. The summed E-state index contributed by atoms with van der Waals surface area (Å²) in [6.45, 7) is 6.50. The summed E-state index contributed by atoms with van der Waals surface area (Å²) >= 11 is 0. The highest BCUT2D eigenvalue weighted by Crippen LogP contribution is 2.34. The summed E-state index contributed by atoms with van der Waals surface area (Å²) in [4.78, 5) is 9.89. The lowest BCUT2D eigenvalue weighted by Crippen LogP contribution is -2.47. The summed E-state index contributed by atoms with van der Waals surface area (Å²) in [5.74, 6) is 0.903. The highest BCUT2D eigenvalue weighted by molar-refractivity contribution is 5.94. The Bertz CT molecular complexity index is 1320. The summed E-state index contributed by atoms with van der Waals surface area (Å²) in [6.07, 6.45) is 8.08. The second-order valence-corrected chi connectivity index (χ2v) is 11.0. The maximum Gasteiger partial charge on any atom is 0.119 e. The van der Waals surface area contributed by atoms with Gasteiger partial charge in [0.2, 0.25) is 0 Å². The van der Waals surface area contributed by atoms with Crippen LogP contribution in [0.5, 0.6) is 5.75 Å². The predicted octanol–water partition coefficient (Wildman–Crippen LogP) is 5.39. The SMILES string of the molecule is COc1ccc(N2CCN(CCOCC(Nc3ccc4nc5c(c(N)c4c3)CCCC5)=C3CCC3)CC2)cc1. The van der Waals surface area contributed by atoms with Crippen LogP contribution in [0.3, 0.4) is 0 Å². The number of rotatable bonds is 9. The van der Waals surface area contributed by atoms with E-state index < -0.39 is 0 Å². The van der Waals surface area contributed by atoms with Crippen LogP contribution in [0.2, 0.25) is 0 Å². The first-order chi connectivity index (χ1) is 19.2. The molecule has 0 spiro atoms. The molecule has 0 radical (unpaired) electrons. The van der Waals surface area contributed by atoms with E-state index in [4.69, 9.17) is 20.2 Å². The number of nitrogens with two attached hydrogens (primary N) is 1. The van der Waals surface area contributed by atoms with E-state index in [1.165, 1.54) is 47.5 Å². The lowest BCUT2D eigenvalue weighted by Gasteiger charge is -2.36. The first kappa shape index (κ1) is 26.0. The van der Waals surface area contributed by atoms with Crippen LogP contribution >= 0.6 is 0 Å². The van der Waals surface area contributed by atoms with Crippen molar-refractivity contribution in [1.82, 2.24) is 9.88 Å². The van der Waals surface area contributed by atoms with Gasteiger partial charge < -0.3 is 25.4 Å². The van der Waals surface area contributed by atoms with Gasteiger partial charge >= 0.3 is 0 Å². The van der Waals surface area contributed by atoms with Crippen molar-refractivity contribution in [2.45, 2.75) is 44.9 Å². The second-order valence-electron chi connectivity index (χ2n) is 11.0. The number of aromatic nitrogens is 1. The lowest BCUT2D eigenvalue weighted by molar-refractivity contribution is 0.116. The van der Waals surface area contributed by atoms with E-state index in [2.05, 4.69) is 45.4 Å². The third kappa shape index (κ3) is 5.85. The summed E-state index contributed by atoms with van der Waals surface area (Å²) in [5.41, 5.74) is 16.0. The van der Waals surface area contributed by atoms with E-state index in [1.807, 2.05) is 12.1 Å². The molecule has 6 rings (SSSR count). The van der Waals surface area contributed by atoms with Crippen molar-refractivity contribution in [3.8, 4) is 5.75 Å². The van der Waals surface area contributed by atoms with Gasteiger partial charge in [0.1, 0.15) is 5.75 Å². The Kier molecular flexibility index (Phi) is 7.88. The molecular formula is C32H41N5O2. The van der Waals surface area contributed by atoms with Crippen LogP contribution in [0.15, 0.2) is 53.7 Å². The molecule has 39 heavy (non-hydrogen) atoms. The molecule has 3 N–H and O–H groups in total. The van der Waals surface area contributed by atoms with Crippen molar-refractivity contribution >= 4 is 28.0 Å². The fourth-order valence-electron chi connectivity index (χ4n) is 5.98. The number of methoxy groups -OCH3 is 1. The molecule has 2 heterocycles. The van der Waals surface area contributed by atoms with Gasteiger partial charge in [0.25, 0.3) is 0 Å². The highest BCUT2D eigenvalue weighted by atomic mass is 16.5. The number of pyridine rings is 1. The molecule has 0 amide bonds. The zero-order valence-corrected chi connectivity index (χ0v) is 23.2. The van der Waals surface area contributed by atoms with E-state index in [0.29, 0.717) is 6.61 Å². The lowest BCUT2D eigenvalue weighted by atomic mass is 9.90. The van der Waals surface area contributed by atoms with Crippen molar-refractivity contribution in [2.24, 2.45) is 0 Å². The Balaban J connectivity index is 1.02. The Labute approximate surface area is 232 Å². The van der Waals surface area contributed by atoms with Crippen LogP contribution in [0.25, 0.3) is 10.9 Å². The fourth-order valence-corrected chi connectivity index (χ4v) is 5.98. The van der Waals surface area contributed by atoms with Crippen LogP contribution in [-0.2, 0) is 17.6 Å². The maximum absolute atomic E-state index is 6.64. The molecule has 2 aliphatic carbocycles. The van der Waals surface area contributed by atoms with Gasteiger partial charge in [-0.15, -0.1) is 0 Å². The number of nitrogens with one attached hydrogen (secondary N) is 1. The van der Waals surface area contributed by atoms with Crippen molar-refractivity contribution < 1.29 is 9.47 Å². The molecule has 1 saturated carbocycles. The molecular weight excluding hydrogens is 486 g/mol. The van der Waals surface area contributed by atoms with Crippen molar-refractivity contribution in [1.29, 1.82) is 0 Å². The van der Waals surface area contributed by atoms with Crippen molar-refractivity contribution in [3.05, 3.63) is 65.0 Å². The minimum absolute atomic E-state index is 0.622. The number of aryl methyl sites for hydroxylation is 1. The van der Waals surface area contributed by atoms with Gasteiger partial charge in [-0.1, -0.05) is 0 Å². The molecule has 7 heteroatoms. The quantitative estimate of drug-likeness (QED) is 0.361. The Morgan fingerprint density at radius 3 is 2.49 bits per heavy atom. The zero-order valence-electron chi connectivity index (χ0n) is 23.2. The smallest absolute Gasteiger partial charge is 0.119 e. The largest absolute Gasteiger partial charge is 0.497 e. The number of hydrogen-bond acceptors (Lipinski definition) is 7. The molecule has 0 bridgehead atoms. The van der Waals surface area contributed by atoms with Crippen molar-refractivity contribution in [3.63, 3.8) is 0 Å². The number of fused-ring (bicyclic) bond motifs is 2. The number of benzene rings is 2.